The molecular weight excluding hydrogens is 272 g/mol. The SMILES string of the molecule is CCCN(CCO)S(=O)(=O)c1ccc(CCN)s1. The van der Waals surface area contributed by atoms with Crippen LogP contribution < -0.4 is 5.73 Å². The molecule has 0 aliphatic heterocycles. The highest BCUT2D eigenvalue weighted by atomic mass is 32.2. The minimum atomic E-state index is -3.47. The molecule has 0 aliphatic carbocycles. The van der Waals surface area contributed by atoms with Gasteiger partial charge in [0.25, 0.3) is 10.0 Å². The van der Waals surface area contributed by atoms with Crippen LogP contribution >= 0.6 is 11.3 Å². The lowest BCUT2D eigenvalue weighted by Gasteiger charge is -2.19. The van der Waals surface area contributed by atoms with E-state index in [-0.39, 0.29) is 13.2 Å². The largest absolute Gasteiger partial charge is 0.395 e. The van der Waals surface area contributed by atoms with Crippen molar-refractivity contribution < 1.29 is 13.5 Å². The van der Waals surface area contributed by atoms with E-state index in [1.165, 1.54) is 15.6 Å². The second kappa shape index (κ2) is 7.20. The van der Waals surface area contributed by atoms with Crippen molar-refractivity contribution in [3.05, 3.63) is 17.0 Å². The first-order valence-corrected chi connectivity index (χ1v) is 8.21. The summed E-state index contributed by atoms with van der Waals surface area (Å²) >= 11 is 1.25. The molecule has 0 fully saturated rings. The third kappa shape index (κ3) is 3.76. The summed E-state index contributed by atoms with van der Waals surface area (Å²) in [7, 11) is -3.47. The molecule has 104 valence electrons. The molecule has 0 saturated carbocycles. The molecule has 0 aromatic carbocycles. The summed E-state index contributed by atoms with van der Waals surface area (Å²) in [6.45, 7) is 2.82. The van der Waals surface area contributed by atoms with Crippen LogP contribution in [0.15, 0.2) is 16.3 Å². The molecule has 0 unspecified atom stereocenters. The van der Waals surface area contributed by atoms with E-state index in [4.69, 9.17) is 10.8 Å². The molecule has 0 radical (unpaired) electrons. The van der Waals surface area contributed by atoms with Crippen LogP contribution in [0.3, 0.4) is 0 Å². The fourth-order valence-electron chi connectivity index (χ4n) is 1.61. The van der Waals surface area contributed by atoms with Crippen molar-refractivity contribution in [1.29, 1.82) is 0 Å². The van der Waals surface area contributed by atoms with E-state index in [1.54, 1.807) is 12.1 Å². The van der Waals surface area contributed by atoms with Gasteiger partial charge in [-0.2, -0.15) is 4.31 Å². The summed E-state index contributed by atoms with van der Waals surface area (Å²) in [6, 6.07) is 3.42. The van der Waals surface area contributed by atoms with Gasteiger partial charge in [-0.3, -0.25) is 0 Å². The van der Waals surface area contributed by atoms with Crippen LogP contribution in [0.5, 0.6) is 0 Å². The summed E-state index contributed by atoms with van der Waals surface area (Å²) in [5.74, 6) is 0. The van der Waals surface area contributed by atoms with Crippen LogP contribution in [0.4, 0.5) is 0 Å². The maximum atomic E-state index is 12.3. The van der Waals surface area contributed by atoms with E-state index in [0.717, 1.165) is 11.3 Å². The highest BCUT2D eigenvalue weighted by Crippen LogP contribution is 2.25. The van der Waals surface area contributed by atoms with Gasteiger partial charge in [-0.25, -0.2) is 8.42 Å². The molecule has 0 bridgehead atoms. The van der Waals surface area contributed by atoms with Gasteiger partial charge in [-0.1, -0.05) is 6.92 Å². The van der Waals surface area contributed by atoms with Gasteiger partial charge in [0.05, 0.1) is 6.61 Å². The Morgan fingerprint density at radius 3 is 2.67 bits per heavy atom. The number of nitrogens with two attached hydrogens (primary N) is 1. The Morgan fingerprint density at radius 2 is 2.11 bits per heavy atom. The zero-order valence-corrected chi connectivity index (χ0v) is 12.1. The molecule has 1 aromatic rings. The van der Waals surface area contributed by atoms with Crippen molar-refractivity contribution >= 4 is 21.4 Å². The number of nitrogens with zero attached hydrogens (tertiary/aromatic N) is 1. The Bertz CT molecular complexity index is 451. The molecule has 18 heavy (non-hydrogen) atoms. The molecule has 0 saturated heterocycles. The van der Waals surface area contributed by atoms with Gasteiger partial charge in [0, 0.05) is 18.0 Å². The Morgan fingerprint density at radius 1 is 1.39 bits per heavy atom. The Hall–Kier alpha value is -0.470. The van der Waals surface area contributed by atoms with E-state index in [2.05, 4.69) is 0 Å². The second-order valence-electron chi connectivity index (χ2n) is 3.89. The van der Waals surface area contributed by atoms with Crippen molar-refractivity contribution in [1.82, 2.24) is 4.31 Å². The lowest BCUT2D eigenvalue weighted by atomic mass is 10.3. The fraction of sp³-hybridized carbons (Fsp3) is 0.636. The lowest BCUT2D eigenvalue weighted by molar-refractivity contribution is 0.254. The van der Waals surface area contributed by atoms with E-state index in [1.807, 2.05) is 6.92 Å². The molecule has 0 aliphatic rings. The van der Waals surface area contributed by atoms with Gasteiger partial charge >= 0.3 is 0 Å². The third-order valence-electron chi connectivity index (χ3n) is 2.44. The molecule has 1 heterocycles. The van der Waals surface area contributed by atoms with E-state index in [0.29, 0.717) is 23.7 Å². The van der Waals surface area contributed by atoms with E-state index >= 15 is 0 Å². The summed E-state index contributed by atoms with van der Waals surface area (Å²) in [5, 5.41) is 8.94. The number of aliphatic hydroxyl groups excluding tert-OH is 1. The monoisotopic (exact) mass is 292 g/mol. The van der Waals surface area contributed by atoms with Crippen LogP contribution in [-0.2, 0) is 16.4 Å². The normalized spacial score (nSPS) is 12.2. The number of rotatable bonds is 8. The zero-order valence-electron chi connectivity index (χ0n) is 10.5. The van der Waals surface area contributed by atoms with Gasteiger partial charge in [-0.05, 0) is 31.5 Å². The maximum Gasteiger partial charge on any atom is 0.252 e. The molecule has 5 nitrogen and oxygen atoms in total. The average molecular weight is 292 g/mol. The minimum absolute atomic E-state index is 0.139. The number of thiophene rings is 1. The van der Waals surface area contributed by atoms with Crippen molar-refractivity contribution in [3.8, 4) is 0 Å². The van der Waals surface area contributed by atoms with Crippen molar-refractivity contribution in [2.45, 2.75) is 24.0 Å². The van der Waals surface area contributed by atoms with Crippen LogP contribution in [0.25, 0.3) is 0 Å². The molecule has 0 spiro atoms. The topological polar surface area (TPSA) is 83.6 Å². The third-order valence-corrected chi connectivity index (χ3v) is 5.96. The highest BCUT2D eigenvalue weighted by molar-refractivity contribution is 7.91. The number of hydrogen-bond donors (Lipinski definition) is 2. The number of sulfonamides is 1. The highest BCUT2D eigenvalue weighted by Gasteiger charge is 2.24. The molecule has 0 atom stereocenters. The summed E-state index contributed by atoms with van der Waals surface area (Å²) in [6.07, 6.45) is 1.41. The Kier molecular flexibility index (Phi) is 6.24. The first-order chi connectivity index (χ1) is 8.56. The van der Waals surface area contributed by atoms with Crippen LogP contribution in [0, 0.1) is 0 Å². The minimum Gasteiger partial charge on any atom is -0.395 e. The molecule has 1 rings (SSSR count). The molecule has 0 amide bonds. The second-order valence-corrected chi connectivity index (χ2v) is 7.22. The number of aliphatic hydroxyl groups is 1. The maximum absolute atomic E-state index is 12.3. The predicted octanol–water partition coefficient (Wildman–Crippen LogP) is 0.642. The fourth-order valence-corrected chi connectivity index (χ4v) is 4.66. The Balaban J connectivity index is 2.94. The van der Waals surface area contributed by atoms with Gasteiger partial charge in [0.2, 0.25) is 0 Å². The summed E-state index contributed by atoms with van der Waals surface area (Å²) < 4.78 is 26.3. The van der Waals surface area contributed by atoms with E-state index in [9.17, 15) is 8.42 Å². The molecule has 7 heteroatoms. The average Bonchev–Trinajstić information content (AvgIpc) is 2.78. The van der Waals surface area contributed by atoms with Crippen molar-refractivity contribution in [3.63, 3.8) is 0 Å². The quantitative estimate of drug-likeness (QED) is 0.736. The molecule has 3 N–H and O–H groups in total. The first kappa shape index (κ1) is 15.6. The summed E-state index contributed by atoms with van der Waals surface area (Å²) in [4.78, 5) is 0.969. The van der Waals surface area contributed by atoms with E-state index < -0.39 is 10.0 Å². The smallest absolute Gasteiger partial charge is 0.252 e. The molecular formula is C11H20N2O3S2. The Labute approximate surface area is 112 Å². The number of hydrogen-bond acceptors (Lipinski definition) is 5. The van der Waals surface area contributed by atoms with Crippen LogP contribution in [-0.4, -0.2) is 44.1 Å². The van der Waals surface area contributed by atoms with Gasteiger partial charge in [0.1, 0.15) is 4.21 Å². The van der Waals surface area contributed by atoms with Gasteiger partial charge < -0.3 is 10.8 Å². The summed E-state index contributed by atoms with van der Waals surface area (Å²) in [5.41, 5.74) is 5.45. The van der Waals surface area contributed by atoms with Gasteiger partial charge in [0.15, 0.2) is 0 Å². The first-order valence-electron chi connectivity index (χ1n) is 5.96. The van der Waals surface area contributed by atoms with Gasteiger partial charge in [-0.15, -0.1) is 11.3 Å². The predicted molar refractivity (Wildman–Crippen MR) is 73.2 cm³/mol. The lowest BCUT2D eigenvalue weighted by Crippen LogP contribution is -2.33. The molecule has 1 aromatic heterocycles. The zero-order chi connectivity index (χ0) is 13.6. The van der Waals surface area contributed by atoms with Crippen LogP contribution in [0.1, 0.15) is 18.2 Å². The van der Waals surface area contributed by atoms with Crippen molar-refractivity contribution in [2.75, 3.05) is 26.2 Å². The van der Waals surface area contributed by atoms with Crippen molar-refractivity contribution in [2.24, 2.45) is 5.73 Å². The van der Waals surface area contributed by atoms with Crippen LogP contribution in [0.2, 0.25) is 0 Å². The standard InChI is InChI=1S/C11H20N2O3S2/c1-2-7-13(8-9-14)18(15,16)11-4-3-10(17-11)5-6-12/h3-4,14H,2,5-9,12H2,1H3.